The summed E-state index contributed by atoms with van der Waals surface area (Å²) in [6.45, 7) is 0. The Morgan fingerprint density at radius 2 is 2.00 bits per heavy atom. The summed E-state index contributed by atoms with van der Waals surface area (Å²) in [5.41, 5.74) is 0. The highest BCUT2D eigenvalue weighted by molar-refractivity contribution is 5.15. The maximum atomic E-state index is 9.28. The van der Waals surface area contributed by atoms with E-state index < -0.39 is 0 Å². The van der Waals surface area contributed by atoms with Crippen molar-refractivity contribution in [3.8, 4) is 0 Å². The Labute approximate surface area is 53.8 Å². The van der Waals surface area contributed by atoms with E-state index >= 15 is 0 Å². The van der Waals surface area contributed by atoms with Crippen LogP contribution in [-0.2, 0) is 0 Å². The third-order valence-electron chi connectivity index (χ3n) is 2.37. The highest BCUT2D eigenvalue weighted by Crippen LogP contribution is 2.39. The van der Waals surface area contributed by atoms with E-state index in [0.717, 1.165) is 6.42 Å². The van der Waals surface area contributed by atoms with Gasteiger partial charge in [0.05, 0.1) is 12.2 Å². The molecule has 0 heterocycles. The van der Waals surface area contributed by atoms with Gasteiger partial charge in [0, 0.05) is 11.8 Å². The number of aliphatic hydroxyl groups is 2. The Morgan fingerprint density at radius 1 is 1.22 bits per heavy atom. The Bertz CT molecular complexity index is 153. The van der Waals surface area contributed by atoms with Gasteiger partial charge in [0.15, 0.2) is 0 Å². The molecule has 1 unspecified atom stereocenters. The molecule has 9 heavy (non-hydrogen) atoms. The maximum Gasteiger partial charge on any atom is 0.0691 e. The molecule has 2 aliphatic rings. The molecule has 1 saturated carbocycles. The first-order valence-electron chi connectivity index (χ1n) is 3.33. The van der Waals surface area contributed by atoms with E-state index in [1.807, 2.05) is 12.2 Å². The van der Waals surface area contributed by atoms with Gasteiger partial charge in [-0.3, -0.25) is 0 Å². The van der Waals surface area contributed by atoms with Crippen LogP contribution in [-0.4, -0.2) is 22.4 Å². The highest BCUT2D eigenvalue weighted by atomic mass is 16.3. The smallest absolute Gasteiger partial charge is 0.0691 e. The van der Waals surface area contributed by atoms with Gasteiger partial charge in [0.2, 0.25) is 0 Å². The molecule has 4 atom stereocenters. The van der Waals surface area contributed by atoms with Crippen molar-refractivity contribution in [2.75, 3.05) is 0 Å². The summed E-state index contributed by atoms with van der Waals surface area (Å²) in [6.07, 6.45) is 4.10. The monoisotopic (exact) mass is 126 g/mol. The molecule has 0 aromatic carbocycles. The predicted molar refractivity (Wildman–Crippen MR) is 32.8 cm³/mol. The summed E-state index contributed by atoms with van der Waals surface area (Å²) in [4.78, 5) is 0. The Morgan fingerprint density at radius 3 is 2.22 bits per heavy atom. The van der Waals surface area contributed by atoms with E-state index in [1.54, 1.807) is 0 Å². The Balaban J connectivity index is 2.26. The Hall–Kier alpha value is -0.340. The summed E-state index contributed by atoms with van der Waals surface area (Å²) >= 11 is 0. The van der Waals surface area contributed by atoms with Crippen molar-refractivity contribution in [3.05, 3.63) is 12.2 Å². The number of rotatable bonds is 0. The Kier molecular flexibility index (Phi) is 0.957. The van der Waals surface area contributed by atoms with Crippen molar-refractivity contribution in [2.24, 2.45) is 11.8 Å². The molecule has 1 fully saturated rings. The van der Waals surface area contributed by atoms with Gasteiger partial charge in [0.1, 0.15) is 0 Å². The van der Waals surface area contributed by atoms with Gasteiger partial charge in [-0.1, -0.05) is 12.2 Å². The molecule has 0 aromatic heterocycles. The molecule has 2 nitrogen and oxygen atoms in total. The lowest BCUT2D eigenvalue weighted by molar-refractivity contribution is 0.0923. The lowest BCUT2D eigenvalue weighted by Crippen LogP contribution is -2.18. The second-order valence-corrected chi connectivity index (χ2v) is 2.92. The lowest BCUT2D eigenvalue weighted by Gasteiger charge is -2.09. The molecule has 0 radical (unpaired) electrons. The second-order valence-electron chi connectivity index (χ2n) is 2.92. The van der Waals surface area contributed by atoms with Crippen molar-refractivity contribution in [1.29, 1.82) is 0 Å². The molecule has 0 aromatic rings. The normalized spacial score (nSPS) is 54.9. The quantitative estimate of drug-likeness (QED) is 0.445. The molecule has 0 saturated heterocycles. The molecule has 2 rings (SSSR count). The first-order chi connectivity index (χ1) is 4.29. The van der Waals surface area contributed by atoms with Gasteiger partial charge in [-0.15, -0.1) is 0 Å². The summed E-state index contributed by atoms with van der Waals surface area (Å²) in [5.74, 6) is 0.278. The fourth-order valence-electron chi connectivity index (χ4n) is 1.79. The lowest BCUT2D eigenvalue weighted by atomic mass is 10.1. The van der Waals surface area contributed by atoms with E-state index in [4.69, 9.17) is 0 Å². The van der Waals surface area contributed by atoms with Crippen LogP contribution in [0.4, 0.5) is 0 Å². The zero-order valence-corrected chi connectivity index (χ0v) is 5.07. The van der Waals surface area contributed by atoms with Gasteiger partial charge in [-0.05, 0) is 6.42 Å². The summed E-state index contributed by atoms with van der Waals surface area (Å²) in [5, 5.41) is 18.5. The molecule has 2 bridgehead atoms. The maximum absolute atomic E-state index is 9.28. The van der Waals surface area contributed by atoms with Crippen molar-refractivity contribution in [2.45, 2.75) is 18.6 Å². The van der Waals surface area contributed by atoms with Crippen molar-refractivity contribution in [3.63, 3.8) is 0 Å². The summed E-state index contributed by atoms with van der Waals surface area (Å²) in [6, 6.07) is 0. The minimum absolute atomic E-state index is 0.0370. The van der Waals surface area contributed by atoms with E-state index in [0.29, 0.717) is 0 Å². The number of fused-ring (bicyclic) bond motifs is 2. The molecule has 0 amide bonds. The third kappa shape index (κ3) is 0.575. The van der Waals surface area contributed by atoms with Crippen LogP contribution >= 0.6 is 0 Å². The van der Waals surface area contributed by atoms with Gasteiger partial charge in [-0.25, -0.2) is 0 Å². The molecule has 2 aliphatic carbocycles. The first kappa shape index (κ1) is 5.45. The number of hydrogen-bond acceptors (Lipinski definition) is 2. The fraction of sp³-hybridized carbons (Fsp3) is 0.714. The van der Waals surface area contributed by atoms with E-state index in [2.05, 4.69) is 0 Å². The van der Waals surface area contributed by atoms with Gasteiger partial charge in [-0.2, -0.15) is 0 Å². The average molecular weight is 126 g/mol. The van der Waals surface area contributed by atoms with E-state index in [9.17, 15) is 10.2 Å². The predicted octanol–water partition coefficient (Wildman–Crippen LogP) is -0.0859. The minimum Gasteiger partial charge on any atom is -0.392 e. The zero-order chi connectivity index (χ0) is 6.43. The van der Waals surface area contributed by atoms with Gasteiger partial charge < -0.3 is 10.2 Å². The molecule has 50 valence electrons. The van der Waals surface area contributed by atoms with Crippen LogP contribution in [0.15, 0.2) is 12.2 Å². The first-order valence-corrected chi connectivity index (χ1v) is 3.33. The number of aliphatic hydroxyl groups excluding tert-OH is 2. The topological polar surface area (TPSA) is 40.5 Å². The van der Waals surface area contributed by atoms with Gasteiger partial charge in [0.25, 0.3) is 0 Å². The van der Waals surface area contributed by atoms with Crippen LogP contribution in [0.1, 0.15) is 6.42 Å². The van der Waals surface area contributed by atoms with Crippen LogP contribution in [0.25, 0.3) is 0 Å². The van der Waals surface area contributed by atoms with Crippen molar-refractivity contribution >= 4 is 0 Å². The van der Waals surface area contributed by atoms with E-state index in [-0.39, 0.29) is 24.0 Å². The third-order valence-corrected chi connectivity index (χ3v) is 2.37. The van der Waals surface area contributed by atoms with E-state index in [1.165, 1.54) is 0 Å². The van der Waals surface area contributed by atoms with Crippen LogP contribution in [0.2, 0.25) is 0 Å². The van der Waals surface area contributed by atoms with Crippen molar-refractivity contribution < 1.29 is 10.2 Å². The van der Waals surface area contributed by atoms with Crippen LogP contribution in [0.3, 0.4) is 0 Å². The second kappa shape index (κ2) is 1.58. The van der Waals surface area contributed by atoms with Crippen molar-refractivity contribution in [1.82, 2.24) is 0 Å². The number of hydrogen-bond donors (Lipinski definition) is 2. The largest absolute Gasteiger partial charge is 0.392 e. The molecular formula is C7H10O2. The minimum atomic E-state index is -0.292. The molecule has 0 spiro atoms. The average Bonchev–Trinajstić information content (AvgIpc) is 2.25. The van der Waals surface area contributed by atoms with Crippen LogP contribution < -0.4 is 0 Å². The molecule has 2 N–H and O–H groups in total. The SMILES string of the molecule is OC1[C@H]2C=C[C@H]1C[C@@H]2O. The summed E-state index contributed by atoms with van der Waals surface area (Å²) < 4.78 is 0. The van der Waals surface area contributed by atoms with Gasteiger partial charge >= 0.3 is 0 Å². The standard InChI is InChI=1S/C7H10O2/c8-6-3-4-1-2-5(6)7(4)9/h1-2,4-9H,3H2/t4-,5-,6-,7?/m0/s1. The highest BCUT2D eigenvalue weighted by Gasteiger charge is 2.42. The van der Waals surface area contributed by atoms with Crippen LogP contribution in [0.5, 0.6) is 0 Å². The zero-order valence-electron chi connectivity index (χ0n) is 5.07. The van der Waals surface area contributed by atoms with Crippen LogP contribution in [0, 0.1) is 11.8 Å². The molecular weight excluding hydrogens is 116 g/mol. The fourth-order valence-corrected chi connectivity index (χ4v) is 1.79. The molecule has 2 heteroatoms. The summed E-state index contributed by atoms with van der Waals surface area (Å²) in [7, 11) is 0. The molecule has 0 aliphatic heterocycles.